The number of Topliss-reactive ketones (excluding diaryl/α,β-unsaturated/α-hetero) is 1. The summed E-state index contributed by atoms with van der Waals surface area (Å²) >= 11 is 1.20. The van der Waals surface area contributed by atoms with Crippen LogP contribution in [0, 0.1) is 6.92 Å². The lowest BCUT2D eigenvalue weighted by molar-refractivity contribution is -0.132. The third kappa shape index (κ3) is 4.39. The molecule has 1 N–H and O–H groups in total. The van der Waals surface area contributed by atoms with Gasteiger partial charge in [-0.3, -0.25) is 14.5 Å². The summed E-state index contributed by atoms with van der Waals surface area (Å²) in [6.45, 7) is 5.27. The number of aryl methyl sites for hydroxylation is 1. The SMILES string of the molecule is CCCCOc1ccc(C2C(=C(O)c3ccc4c(c3)OCCO4)C(=O)C(=O)N2c2nnc(C)s2)cc1. The predicted molar refractivity (Wildman–Crippen MR) is 134 cm³/mol. The monoisotopic (exact) mass is 507 g/mol. The number of unbranched alkanes of at least 4 members (excludes halogenated alkanes) is 1. The van der Waals surface area contributed by atoms with Gasteiger partial charge in [0.15, 0.2) is 11.5 Å². The van der Waals surface area contributed by atoms with Crippen molar-refractivity contribution in [2.24, 2.45) is 0 Å². The van der Waals surface area contributed by atoms with Gasteiger partial charge in [0.05, 0.1) is 18.2 Å². The van der Waals surface area contributed by atoms with Crippen molar-refractivity contribution in [3.8, 4) is 17.2 Å². The molecular weight excluding hydrogens is 482 g/mol. The van der Waals surface area contributed by atoms with Crippen molar-refractivity contribution in [2.75, 3.05) is 24.7 Å². The first-order valence-electron chi connectivity index (χ1n) is 11.7. The number of carbonyl (C=O) groups excluding carboxylic acids is 2. The lowest BCUT2D eigenvalue weighted by atomic mass is 9.95. The number of ether oxygens (including phenoxy) is 3. The molecule has 1 amide bonds. The van der Waals surface area contributed by atoms with E-state index in [1.807, 2.05) is 0 Å². The summed E-state index contributed by atoms with van der Waals surface area (Å²) < 4.78 is 17.0. The molecule has 0 bridgehead atoms. The smallest absolute Gasteiger partial charge is 0.301 e. The lowest BCUT2D eigenvalue weighted by Gasteiger charge is -2.23. The van der Waals surface area contributed by atoms with Gasteiger partial charge in [-0.25, -0.2) is 0 Å². The van der Waals surface area contributed by atoms with E-state index in [1.165, 1.54) is 16.2 Å². The number of aliphatic hydroxyl groups excluding tert-OH is 1. The summed E-state index contributed by atoms with van der Waals surface area (Å²) in [7, 11) is 0. The van der Waals surface area contributed by atoms with Gasteiger partial charge in [-0.1, -0.05) is 36.8 Å². The minimum atomic E-state index is -0.893. The topological polar surface area (TPSA) is 111 Å². The Labute approximate surface area is 211 Å². The van der Waals surface area contributed by atoms with Gasteiger partial charge in [-0.2, -0.15) is 0 Å². The third-order valence-corrected chi connectivity index (χ3v) is 6.78. The fourth-order valence-corrected chi connectivity index (χ4v) is 4.87. The summed E-state index contributed by atoms with van der Waals surface area (Å²) in [6.07, 6.45) is 1.96. The Morgan fingerprint density at radius 1 is 1.11 bits per heavy atom. The number of ketones is 1. The minimum absolute atomic E-state index is 0.0378. The van der Waals surface area contributed by atoms with Crippen LogP contribution in [-0.2, 0) is 9.59 Å². The first-order valence-corrected chi connectivity index (χ1v) is 12.5. The van der Waals surface area contributed by atoms with E-state index in [2.05, 4.69) is 17.1 Å². The molecule has 2 aliphatic rings. The van der Waals surface area contributed by atoms with E-state index in [0.717, 1.165) is 12.8 Å². The average molecular weight is 508 g/mol. The van der Waals surface area contributed by atoms with Crippen molar-refractivity contribution in [3.63, 3.8) is 0 Å². The van der Waals surface area contributed by atoms with E-state index in [1.54, 1.807) is 49.4 Å². The zero-order valence-electron chi connectivity index (χ0n) is 19.9. The lowest BCUT2D eigenvalue weighted by Crippen LogP contribution is -2.29. The highest BCUT2D eigenvalue weighted by Gasteiger charge is 2.48. The van der Waals surface area contributed by atoms with Gasteiger partial charge in [0.1, 0.15) is 29.7 Å². The summed E-state index contributed by atoms with van der Waals surface area (Å²) in [5.41, 5.74) is 0.934. The molecule has 0 saturated carbocycles. The Morgan fingerprint density at radius 2 is 1.86 bits per heavy atom. The van der Waals surface area contributed by atoms with Gasteiger partial charge in [0.25, 0.3) is 5.78 Å². The first-order chi connectivity index (χ1) is 17.5. The predicted octanol–water partition coefficient (Wildman–Crippen LogP) is 4.42. The number of hydrogen-bond acceptors (Lipinski definition) is 9. The molecule has 0 spiro atoms. The molecule has 1 unspecified atom stereocenters. The van der Waals surface area contributed by atoms with E-state index in [9.17, 15) is 14.7 Å². The zero-order valence-corrected chi connectivity index (χ0v) is 20.7. The molecule has 1 saturated heterocycles. The molecule has 2 aromatic carbocycles. The van der Waals surface area contributed by atoms with E-state index in [4.69, 9.17) is 14.2 Å². The van der Waals surface area contributed by atoms with Crippen LogP contribution < -0.4 is 19.1 Å². The molecule has 3 aromatic rings. The van der Waals surface area contributed by atoms with Crippen LogP contribution in [0.1, 0.15) is 41.9 Å². The molecule has 1 fully saturated rings. The Bertz CT molecular complexity index is 1330. The quantitative estimate of drug-likeness (QED) is 0.217. The van der Waals surface area contributed by atoms with Crippen molar-refractivity contribution in [1.29, 1.82) is 0 Å². The van der Waals surface area contributed by atoms with Gasteiger partial charge in [-0.15, -0.1) is 10.2 Å². The number of benzene rings is 2. The minimum Gasteiger partial charge on any atom is -0.507 e. The van der Waals surface area contributed by atoms with Gasteiger partial charge in [0.2, 0.25) is 5.13 Å². The number of fused-ring (bicyclic) bond motifs is 1. The summed E-state index contributed by atoms with van der Waals surface area (Å²) in [5.74, 6) is -0.186. The second-order valence-electron chi connectivity index (χ2n) is 8.40. The molecule has 0 radical (unpaired) electrons. The number of aliphatic hydroxyl groups is 1. The number of aromatic nitrogens is 2. The summed E-state index contributed by atoms with van der Waals surface area (Å²) in [4.78, 5) is 27.8. The molecular formula is C26H25N3O6S. The normalized spacial score (nSPS) is 18.5. The molecule has 9 nitrogen and oxygen atoms in total. The van der Waals surface area contributed by atoms with Crippen LogP contribution >= 0.6 is 11.3 Å². The molecule has 10 heteroatoms. The Balaban J connectivity index is 1.59. The maximum atomic E-state index is 13.3. The third-order valence-electron chi connectivity index (χ3n) is 5.94. The number of anilines is 1. The van der Waals surface area contributed by atoms with E-state index in [0.29, 0.717) is 53.2 Å². The number of hydrogen-bond donors (Lipinski definition) is 1. The molecule has 5 rings (SSSR count). The van der Waals surface area contributed by atoms with Crippen LogP contribution in [0.4, 0.5) is 5.13 Å². The average Bonchev–Trinajstić information content (AvgIpc) is 3.44. The second kappa shape index (κ2) is 9.98. The van der Waals surface area contributed by atoms with E-state index < -0.39 is 17.7 Å². The van der Waals surface area contributed by atoms with Crippen molar-refractivity contribution < 1.29 is 28.9 Å². The van der Waals surface area contributed by atoms with Gasteiger partial charge >= 0.3 is 5.91 Å². The van der Waals surface area contributed by atoms with E-state index >= 15 is 0 Å². The maximum Gasteiger partial charge on any atom is 0.301 e. The van der Waals surface area contributed by atoms with Crippen molar-refractivity contribution in [1.82, 2.24) is 10.2 Å². The molecule has 186 valence electrons. The van der Waals surface area contributed by atoms with Crippen LogP contribution in [0.5, 0.6) is 17.2 Å². The van der Waals surface area contributed by atoms with E-state index in [-0.39, 0.29) is 16.5 Å². The van der Waals surface area contributed by atoms with Crippen LogP contribution in [0.25, 0.3) is 5.76 Å². The van der Waals surface area contributed by atoms with Gasteiger partial charge in [0, 0.05) is 5.56 Å². The molecule has 1 aromatic heterocycles. The maximum absolute atomic E-state index is 13.3. The van der Waals surface area contributed by atoms with Crippen LogP contribution in [0.15, 0.2) is 48.0 Å². The van der Waals surface area contributed by atoms with Crippen molar-refractivity contribution >= 4 is 33.9 Å². The summed E-state index contributed by atoms with van der Waals surface area (Å²) in [6, 6.07) is 11.2. The molecule has 0 aliphatic carbocycles. The van der Waals surface area contributed by atoms with Crippen LogP contribution in [-0.4, -0.2) is 46.8 Å². The fraction of sp³-hybridized carbons (Fsp3) is 0.308. The van der Waals surface area contributed by atoms with Gasteiger partial charge in [-0.05, 0) is 49.2 Å². The second-order valence-corrected chi connectivity index (χ2v) is 9.56. The molecule has 3 heterocycles. The van der Waals surface area contributed by atoms with Crippen LogP contribution in [0.3, 0.4) is 0 Å². The first kappa shape index (κ1) is 23.8. The van der Waals surface area contributed by atoms with Gasteiger partial charge < -0.3 is 19.3 Å². The highest BCUT2D eigenvalue weighted by molar-refractivity contribution is 7.15. The Kier molecular flexibility index (Phi) is 6.60. The Morgan fingerprint density at radius 3 is 2.56 bits per heavy atom. The highest BCUT2D eigenvalue weighted by atomic mass is 32.1. The van der Waals surface area contributed by atoms with Crippen molar-refractivity contribution in [3.05, 3.63) is 64.2 Å². The molecule has 2 aliphatic heterocycles. The number of rotatable bonds is 7. The molecule has 1 atom stereocenters. The number of amides is 1. The number of carbonyl (C=O) groups is 2. The standard InChI is InChI=1S/C26H25N3O6S/c1-3-4-11-33-18-8-5-16(6-9-18)22-21(24(31)25(32)29(22)26-28-27-15(2)36-26)23(30)17-7-10-19-20(14-17)35-13-12-34-19/h5-10,14,22,30H,3-4,11-13H2,1-2H3. The van der Waals surface area contributed by atoms with Crippen molar-refractivity contribution in [2.45, 2.75) is 32.7 Å². The molecule has 36 heavy (non-hydrogen) atoms. The fourth-order valence-electron chi connectivity index (χ4n) is 4.16. The number of nitrogens with zero attached hydrogens (tertiary/aromatic N) is 3. The summed E-state index contributed by atoms with van der Waals surface area (Å²) in [5, 5.41) is 20.4. The highest BCUT2D eigenvalue weighted by Crippen LogP contribution is 2.44. The zero-order chi connectivity index (χ0) is 25.2. The largest absolute Gasteiger partial charge is 0.507 e. The van der Waals surface area contributed by atoms with Crippen LogP contribution in [0.2, 0.25) is 0 Å². The Hall–Kier alpha value is -3.92.